The van der Waals surface area contributed by atoms with Crippen molar-refractivity contribution < 1.29 is 13.2 Å². The van der Waals surface area contributed by atoms with Crippen LogP contribution in [0.4, 0.5) is 0 Å². The van der Waals surface area contributed by atoms with Gasteiger partial charge in [0.2, 0.25) is 15.9 Å². The van der Waals surface area contributed by atoms with Crippen molar-refractivity contribution in [2.45, 2.75) is 44.2 Å². The zero-order chi connectivity index (χ0) is 22.0. The summed E-state index contributed by atoms with van der Waals surface area (Å²) >= 11 is 0. The molecule has 1 aliphatic heterocycles. The summed E-state index contributed by atoms with van der Waals surface area (Å²) in [7, 11) is -3.57. The molecule has 4 rings (SSSR count). The zero-order valence-corrected chi connectivity index (χ0v) is 18.8. The average Bonchev–Trinajstić information content (AvgIpc) is 3.22. The van der Waals surface area contributed by atoms with Gasteiger partial charge in [-0.05, 0) is 56.5 Å². The van der Waals surface area contributed by atoms with E-state index in [1.807, 2.05) is 55.6 Å². The second-order valence-electron chi connectivity index (χ2n) is 8.14. The molecule has 1 aromatic heterocycles. The van der Waals surface area contributed by atoms with E-state index in [4.69, 9.17) is 0 Å². The molecule has 1 saturated heterocycles. The highest BCUT2D eigenvalue weighted by molar-refractivity contribution is 7.89. The molecule has 6 nitrogen and oxygen atoms in total. The van der Waals surface area contributed by atoms with Crippen LogP contribution in [0, 0.1) is 5.92 Å². The highest BCUT2D eigenvalue weighted by atomic mass is 32.2. The summed E-state index contributed by atoms with van der Waals surface area (Å²) in [6, 6.07) is 17.0. The smallest absolute Gasteiger partial charge is 0.243 e. The third-order valence-corrected chi connectivity index (χ3v) is 8.10. The number of aromatic nitrogens is 1. The molecular weight excluding hydrogens is 410 g/mol. The van der Waals surface area contributed by atoms with Crippen LogP contribution in [0.1, 0.15) is 38.3 Å². The maximum atomic E-state index is 13.2. The third-order valence-electron chi connectivity index (χ3n) is 6.20. The van der Waals surface area contributed by atoms with E-state index < -0.39 is 10.0 Å². The van der Waals surface area contributed by atoms with E-state index in [0.717, 1.165) is 23.0 Å². The largest absolute Gasteiger partial charge is 0.349 e. The third kappa shape index (κ3) is 4.38. The minimum Gasteiger partial charge on any atom is -0.349 e. The molecule has 1 fully saturated rings. The first-order valence-electron chi connectivity index (χ1n) is 10.8. The zero-order valence-electron chi connectivity index (χ0n) is 18.0. The fourth-order valence-corrected chi connectivity index (χ4v) is 5.78. The Hall–Kier alpha value is -2.64. The number of nitrogens with zero attached hydrogens (tertiary/aromatic N) is 2. The maximum Gasteiger partial charge on any atom is 0.243 e. The minimum absolute atomic E-state index is 0.00396. The monoisotopic (exact) mass is 439 g/mol. The molecule has 7 heteroatoms. The number of sulfonamides is 1. The Balaban J connectivity index is 1.40. The first-order chi connectivity index (χ1) is 14.9. The number of benzene rings is 2. The van der Waals surface area contributed by atoms with Crippen molar-refractivity contribution in [3.05, 3.63) is 66.4 Å². The number of piperidine rings is 1. The van der Waals surface area contributed by atoms with Gasteiger partial charge in [0.25, 0.3) is 0 Å². The lowest BCUT2D eigenvalue weighted by Gasteiger charge is -2.31. The van der Waals surface area contributed by atoms with Gasteiger partial charge in [0.1, 0.15) is 0 Å². The van der Waals surface area contributed by atoms with E-state index in [0.29, 0.717) is 30.8 Å². The number of carbonyl (C=O) groups is 1. The Bertz CT molecular complexity index is 1160. The lowest BCUT2D eigenvalue weighted by Crippen LogP contribution is -2.43. The van der Waals surface area contributed by atoms with E-state index in [-0.39, 0.29) is 17.9 Å². The maximum absolute atomic E-state index is 13.2. The summed E-state index contributed by atoms with van der Waals surface area (Å²) in [5, 5.41) is 3.99. The van der Waals surface area contributed by atoms with Gasteiger partial charge in [-0.1, -0.05) is 30.3 Å². The molecule has 0 aliphatic carbocycles. The quantitative estimate of drug-likeness (QED) is 0.632. The van der Waals surface area contributed by atoms with Gasteiger partial charge in [0.05, 0.1) is 10.9 Å². The molecule has 0 spiro atoms. The number of aryl methyl sites for hydroxylation is 1. The number of nitrogens with one attached hydrogen (secondary N) is 1. The summed E-state index contributed by atoms with van der Waals surface area (Å²) < 4.78 is 29.9. The van der Waals surface area contributed by atoms with Gasteiger partial charge in [-0.25, -0.2) is 8.42 Å². The molecule has 1 atom stereocenters. The number of hydrogen-bond donors (Lipinski definition) is 1. The first-order valence-corrected chi connectivity index (χ1v) is 12.3. The number of carbonyl (C=O) groups excluding carboxylic acids is 1. The molecule has 1 N–H and O–H groups in total. The predicted molar refractivity (Wildman–Crippen MR) is 122 cm³/mol. The molecule has 164 valence electrons. The lowest BCUT2D eigenvalue weighted by molar-refractivity contribution is -0.126. The van der Waals surface area contributed by atoms with Crippen molar-refractivity contribution in [3.8, 4) is 0 Å². The van der Waals surface area contributed by atoms with Crippen LogP contribution >= 0.6 is 0 Å². The second-order valence-corrected chi connectivity index (χ2v) is 10.1. The Morgan fingerprint density at radius 3 is 2.48 bits per heavy atom. The van der Waals surface area contributed by atoms with Gasteiger partial charge in [0, 0.05) is 42.7 Å². The van der Waals surface area contributed by atoms with Crippen LogP contribution in [0.5, 0.6) is 0 Å². The Morgan fingerprint density at radius 2 is 1.81 bits per heavy atom. The number of rotatable bonds is 6. The highest BCUT2D eigenvalue weighted by Crippen LogP contribution is 2.27. The summed E-state index contributed by atoms with van der Waals surface area (Å²) in [5.41, 5.74) is 2.09. The Kier molecular flexibility index (Phi) is 6.16. The van der Waals surface area contributed by atoms with E-state index in [2.05, 4.69) is 16.8 Å². The summed E-state index contributed by atoms with van der Waals surface area (Å²) in [5.74, 6) is -0.172. The number of hydrogen-bond acceptors (Lipinski definition) is 3. The highest BCUT2D eigenvalue weighted by Gasteiger charge is 2.32. The van der Waals surface area contributed by atoms with Crippen LogP contribution in [0.25, 0.3) is 10.9 Å². The van der Waals surface area contributed by atoms with Crippen molar-refractivity contribution in [2.24, 2.45) is 5.92 Å². The van der Waals surface area contributed by atoms with Gasteiger partial charge in [0.15, 0.2) is 0 Å². The van der Waals surface area contributed by atoms with E-state index in [1.165, 1.54) is 4.31 Å². The van der Waals surface area contributed by atoms with Gasteiger partial charge in [-0.2, -0.15) is 4.31 Å². The fourth-order valence-electron chi connectivity index (χ4n) is 4.28. The van der Waals surface area contributed by atoms with E-state index >= 15 is 0 Å². The average molecular weight is 440 g/mol. The van der Waals surface area contributed by atoms with Crippen molar-refractivity contribution in [1.82, 2.24) is 14.2 Å². The Labute approximate surface area is 183 Å². The summed E-state index contributed by atoms with van der Waals surface area (Å²) in [6.45, 7) is 5.58. The van der Waals surface area contributed by atoms with Crippen LogP contribution in [0.15, 0.2) is 65.7 Å². The lowest BCUT2D eigenvalue weighted by atomic mass is 9.96. The summed E-state index contributed by atoms with van der Waals surface area (Å²) in [6.07, 6.45) is 3.03. The molecule has 0 radical (unpaired) electrons. The topological polar surface area (TPSA) is 71.4 Å². The minimum atomic E-state index is -3.57. The van der Waals surface area contributed by atoms with Crippen molar-refractivity contribution in [3.63, 3.8) is 0 Å². The van der Waals surface area contributed by atoms with Crippen LogP contribution in [0.2, 0.25) is 0 Å². The van der Waals surface area contributed by atoms with Gasteiger partial charge < -0.3 is 9.88 Å². The number of fused-ring (bicyclic) bond motifs is 1. The second kappa shape index (κ2) is 8.85. The molecule has 3 aromatic rings. The Morgan fingerprint density at radius 1 is 1.10 bits per heavy atom. The van der Waals surface area contributed by atoms with Crippen LogP contribution in [-0.2, 0) is 21.4 Å². The van der Waals surface area contributed by atoms with E-state index in [9.17, 15) is 13.2 Å². The van der Waals surface area contributed by atoms with Crippen molar-refractivity contribution in [1.29, 1.82) is 0 Å². The van der Waals surface area contributed by atoms with Crippen LogP contribution in [0.3, 0.4) is 0 Å². The molecule has 1 amide bonds. The SMILES string of the molecule is CCn1ccc2cc(S(=O)(=O)N3CCC(C(=O)N[C@H](C)c4ccccc4)CC3)ccc21. The summed E-state index contributed by atoms with van der Waals surface area (Å²) in [4.78, 5) is 13.0. The van der Waals surface area contributed by atoms with Gasteiger partial charge in [-0.15, -0.1) is 0 Å². The van der Waals surface area contributed by atoms with Crippen molar-refractivity contribution in [2.75, 3.05) is 13.1 Å². The standard InChI is InChI=1S/C24H29N3O3S/c1-3-26-14-11-21-17-22(9-10-23(21)26)31(29,30)27-15-12-20(13-16-27)24(28)25-18(2)19-7-5-4-6-8-19/h4-11,14,17-18,20H,3,12-13,15-16H2,1-2H3,(H,25,28)/t18-/m1/s1. The predicted octanol–water partition coefficient (Wildman–Crippen LogP) is 3.94. The van der Waals surface area contributed by atoms with E-state index in [1.54, 1.807) is 12.1 Å². The van der Waals surface area contributed by atoms with Crippen LogP contribution < -0.4 is 5.32 Å². The van der Waals surface area contributed by atoms with Gasteiger partial charge in [-0.3, -0.25) is 4.79 Å². The molecule has 2 aromatic carbocycles. The van der Waals surface area contributed by atoms with Crippen LogP contribution in [-0.4, -0.2) is 36.3 Å². The molecule has 0 saturated carbocycles. The normalized spacial score (nSPS) is 17.0. The molecular formula is C24H29N3O3S. The molecule has 0 bridgehead atoms. The van der Waals surface area contributed by atoms with Gasteiger partial charge >= 0.3 is 0 Å². The fraction of sp³-hybridized carbons (Fsp3) is 0.375. The first kappa shape index (κ1) is 21.6. The molecule has 2 heterocycles. The number of amides is 1. The van der Waals surface area contributed by atoms with Crippen molar-refractivity contribution >= 4 is 26.8 Å². The molecule has 1 aliphatic rings. The molecule has 31 heavy (non-hydrogen) atoms. The molecule has 0 unspecified atom stereocenters.